The van der Waals surface area contributed by atoms with Gasteiger partial charge in [-0.25, -0.2) is 0 Å². The van der Waals surface area contributed by atoms with Gasteiger partial charge in [0.05, 0.1) is 6.04 Å². The van der Waals surface area contributed by atoms with Crippen molar-refractivity contribution in [2.75, 3.05) is 31.5 Å². The summed E-state index contributed by atoms with van der Waals surface area (Å²) < 4.78 is 0. The molecule has 1 aromatic rings. The summed E-state index contributed by atoms with van der Waals surface area (Å²) in [6, 6.07) is 7.12. The lowest BCUT2D eigenvalue weighted by Gasteiger charge is -2.37. The van der Waals surface area contributed by atoms with Gasteiger partial charge < -0.3 is 15.5 Å². The summed E-state index contributed by atoms with van der Waals surface area (Å²) in [6.45, 7) is 5.96. The molecule has 2 N–H and O–H groups in total. The van der Waals surface area contributed by atoms with Crippen molar-refractivity contribution in [1.82, 2.24) is 15.1 Å². The van der Waals surface area contributed by atoms with Crippen LogP contribution in [0.2, 0.25) is 0 Å². The minimum atomic E-state index is -0.162. The van der Waals surface area contributed by atoms with Crippen molar-refractivity contribution in [3.8, 4) is 0 Å². The van der Waals surface area contributed by atoms with Crippen molar-refractivity contribution in [3.05, 3.63) is 29.8 Å². The topological polar surface area (TPSA) is 81.8 Å². The Balaban J connectivity index is 1.51. The number of rotatable bonds is 5. The van der Waals surface area contributed by atoms with Crippen LogP contribution >= 0.6 is 0 Å². The van der Waals surface area contributed by atoms with Gasteiger partial charge in [-0.2, -0.15) is 0 Å². The molecule has 2 aliphatic rings. The van der Waals surface area contributed by atoms with Crippen molar-refractivity contribution in [2.45, 2.75) is 38.8 Å². The maximum atomic E-state index is 12.6. The van der Waals surface area contributed by atoms with Crippen LogP contribution in [0.25, 0.3) is 0 Å². The maximum Gasteiger partial charge on any atom is 0.253 e. The van der Waals surface area contributed by atoms with Crippen LogP contribution in [-0.4, -0.2) is 65.8 Å². The summed E-state index contributed by atoms with van der Waals surface area (Å²) >= 11 is 0. The van der Waals surface area contributed by atoms with Crippen LogP contribution in [0.4, 0.5) is 5.69 Å². The van der Waals surface area contributed by atoms with E-state index < -0.39 is 0 Å². The monoisotopic (exact) mass is 358 g/mol. The van der Waals surface area contributed by atoms with E-state index in [2.05, 4.69) is 15.5 Å². The number of carbonyl (C=O) groups is 3. The second-order valence-electron chi connectivity index (χ2n) is 7.05. The van der Waals surface area contributed by atoms with E-state index >= 15 is 0 Å². The highest BCUT2D eigenvalue weighted by atomic mass is 16.2. The number of anilines is 1. The summed E-state index contributed by atoms with van der Waals surface area (Å²) in [5, 5.41) is 5.73. The molecular formula is C19H26N4O3. The van der Waals surface area contributed by atoms with Crippen LogP contribution in [0.3, 0.4) is 0 Å². The molecule has 1 aliphatic heterocycles. The van der Waals surface area contributed by atoms with E-state index in [1.54, 1.807) is 24.3 Å². The minimum Gasteiger partial charge on any atom is -0.352 e. The third-order valence-corrected chi connectivity index (χ3v) is 4.90. The number of nitrogens with zero attached hydrogens (tertiary/aromatic N) is 2. The summed E-state index contributed by atoms with van der Waals surface area (Å²) in [7, 11) is 0. The zero-order valence-corrected chi connectivity index (χ0v) is 15.3. The van der Waals surface area contributed by atoms with Crippen LogP contribution in [0.15, 0.2) is 24.3 Å². The Kier molecular flexibility index (Phi) is 5.56. The second kappa shape index (κ2) is 7.86. The van der Waals surface area contributed by atoms with Gasteiger partial charge in [0.2, 0.25) is 11.8 Å². The average molecular weight is 358 g/mol. The number of amides is 3. The standard InChI is InChI=1S/C19H26N4O3/c1-13(18(25)21-17-7-8-17)22-9-11-23(12-10-22)19(26)15-3-5-16(6-4-15)20-14(2)24/h3-6,13,17H,7-12H2,1-2H3,(H,20,24)(H,21,25). The smallest absolute Gasteiger partial charge is 0.253 e. The molecule has 26 heavy (non-hydrogen) atoms. The predicted octanol–water partition coefficient (Wildman–Crippen LogP) is 1.07. The fraction of sp³-hybridized carbons (Fsp3) is 0.526. The first kappa shape index (κ1) is 18.4. The molecule has 7 heteroatoms. The Hall–Kier alpha value is -2.41. The maximum absolute atomic E-state index is 12.6. The van der Waals surface area contributed by atoms with Crippen molar-refractivity contribution in [2.24, 2.45) is 0 Å². The van der Waals surface area contributed by atoms with Gasteiger partial charge in [0.25, 0.3) is 5.91 Å². The van der Waals surface area contributed by atoms with Gasteiger partial charge >= 0.3 is 0 Å². The van der Waals surface area contributed by atoms with E-state index in [4.69, 9.17) is 0 Å². The molecule has 3 rings (SSSR count). The van der Waals surface area contributed by atoms with E-state index in [-0.39, 0.29) is 23.8 Å². The van der Waals surface area contributed by atoms with Crippen molar-refractivity contribution < 1.29 is 14.4 Å². The van der Waals surface area contributed by atoms with E-state index in [1.165, 1.54) is 6.92 Å². The highest BCUT2D eigenvalue weighted by molar-refractivity contribution is 5.95. The van der Waals surface area contributed by atoms with Crippen LogP contribution in [0.1, 0.15) is 37.0 Å². The van der Waals surface area contributed by atoms with Gasteiger partial charge in [-0.05, 0) is 44.0 Å². The third kappa shape index (κ3) is 4.60. The Morgan fingerprint density at radius 3 is 2.19 bits per heavy atom. The molecule has 1 aromatic carbocycles. The first-order chi connectivity index (χ1) is 12.4. The lowest BCUT2D eigenvalue weighted by Crippen LogP contribution is -2.55. The summed E-state index contributed by atoms with van der Waals surface area (Å²) in [5.41, 5.74) is 1.28. The molecule has 1 saturated carbocycles. The molecule has 0 radical (unpaired) electrons. The van der Waals surface area contributed by atoms with Crippen LogP contribution < -0.4 is 10.6 Å². The first-order valence-electron chi connectivity index (χ1n) is 9.15. The van der Waals surface area contributed by atoms with E-state index in [1.807, 2.05) is 11.8 Å². The minimum absolute atomic E-state index is 0.0193. The molecular weight excluding hydrogens is 332 g/mol. The Labute approximate surface area is 153 Å². The quantitative estimate of drug-likeness (QED) is 0.825. The van der Waals surface area contributed by atoms with Crippen LogP contribution in [0, 0.1) is 0 Å². The van der Waals surface area contributed by atoms with Gasteiger partial charge in [-0.3, -0.25) is 19.3 Å². The highest BCUT2D eigenvalue weighted by Crippen LogP contribution is 2.19. The molecule has 7 nitrogen and oxygen atoms in total. The zero-order valence-electron chi connectivity index (χ0n) is 15.3. The Morgan fingerprint density at radius 1 is 1.04 bits per heavy atom. The van der Waals surface area contributed by atoms with Gasteiger partial charge in [-0.15, -0.1) is 0 Å². The number of piperazine rings is 1. The third-order valence-electron chi connectivity index (χ3n) is 4.90. The van der Waals surface area contributed by atoms with E-state index in [0.717, 1.165) is 12.8 Å². The molecule has 1 saturated heterocycles. The SMILES string of the molecule is CC(=O)Nc1ccc(C(=O)N2CCN(C(C)C(=O)NC3CC3)CC2)cc1. The fourth-order valence-corrected chi connectivity index (χ4v) is 3.11. The van der Waals surface area contributed by atoms with Crippen molar-refractivity contribution in [1.29, 1.82) is 0 Å². The number of hydrogen-bond donors (Lipinski definition) is 2. The van der Waals surface area contributed by atoms with E-state index in [9.17, 15) is 14.4 Å². The molecule has 0 spiro atoms. The molecule has 1 heterocycles. The molecule has 3 amide bonds. The van der Waals surface area contributed by atoms with E-state index in [0.29, 0.717) is 43.5 Å². The van der Waals surface area contributed by atoms with Crippen molar-refractivity contribution in [3.63, 3.8) is 0 Å². The summed E-state index contributed by atoms with van der Waals surface area (Å²) in [5.74, 6) is -0.0741. The highest BCUT2D eigenvalue weighted by Gasteiger charge is 2.31. The average Bonchev–Trinajstić information content (AvgIpc) is 3.45. The molecule has 2 fully saturated rings. The number of hydrogen-bond acceptors (Lipinski definition) is 4. The summed E-state index contributed by atoms with van der Waals surface area (Å²) in [6.07, 6.45) is 2.17. The van der Waals surface area contributed by atoms with Gasteiger partial charge in [-0.1, -0.05) is 0 Å². The lowest BCUT2D eigenvalue weighted by atomic mass is 10.1. The largest absolute Gasteiger partial charge is 0.352 e. The van der Waals surface area contributed by atoms with Crippen LogP contribution in [0.5, 0.6) is 0 Å². The predicted molar refractivity (Wildman–Crippen MR) is 98.8 cm³/mol. The Morgan fingerprint density at radius 2 is 1.65 bits per heavy atom. The molecule has 0 aromatic heterocycles. The number of nitrogens with one attached hydrogen (secondary N) is 2. The van der Waals surface area contributed by atoms with Crippen molar-refractivity contribution >= 4 is 23.4 Å². The fourth-order valence-electron chi connectivity index (χ4n) is 3.11. The molecule has 1 atom stereocenters. The number of carbonyl (C=O) groups excluding carboxylic acids is 3. The van der Waals surface area contributed by atoms with Gasteiger partial charge in [0, 0.05) is 50.4 Å². The molecule has 0 bridgehead atoms. The zero-order chi connectivity index (χ0) is 18.7. The molecule has 140 valence electrons. The first-order valence-corrected chi connectivity index (χ1v) is 9.15. The van der Waals surface area contributed by atoms with Gasteiger partial charge in [0.1, 0.15) is 0 Å². The van der Waals surface area contributed by atoms with Crippen LogP contribution in [-0.2, 0) is 9.59 Å². The number of benzene rings is 1. The molecule has 1 unspecified atom stereocenters. The molecule has 1 aliphatic carbocycles. The summed E-state index contributed by atoms with van der Waals surface area (Å²) in [4.78, 5) is 39.8. The normalized spacial score (nSPS) is 18.9. The lowest BCUT2D eigenvalue weighted by molar-refractivity contribution is -0.126. The second-order valence-corrected chi connectivity index (χ2v) is 7.05. The Bertz CT molecular complexity index is 677. The van der Waals surface area contributed by atoms with Gasteiger partial charge in [0.15, 0.2) is 0 Å².